The Morgan fingerprint density at radius 1 is 0.405 bits per heavy atom. The first-order valence-electron chi connectivity index (χ1n) is 13.4. The maximum absolute atomic E-state index is 5.08. The Labute approximate surface area is 249 Å². The van der Waals surface area contributed by atoms with E-state index in [1.54, 1.807) is 0 Å². The van der Waals surface area contributed by atoms with Gasteiger partial charge in [0.1, 0.15) is 22.6 Å². The molecule has 0 saturated heterocycles. The molecule has 8 nitrogen and oxygen atoms in total. The normalized spacial score (nSPS) is 11.7. The largest absolute Gasteiger partial charge is 0.324 e. The van der Waals surface area contributed by atoms with Gasteiger partial charge in [0.15, 0.2) is 23.3 Å². The predicted octanol–water partition coefficient (Wildman–Crippen LogP) is 7.18. The first-order valence-corrected chi connectivity index (χ1v) is 13.4. The third-order valence-corrected chi connectivity index (χ3v) is 7.79. The Morgan fingerprint density at radius 2 is 0.786 bits per heavy atom. The molecule has 2 aliphatic rings. The maximum Gasteiger partial charge on any atom is 0.164 e. The number of benzene rings is 4. The number of aromatic amines is 2. The number of nitrogens with one attached hydrogen (secondary N) is 2. The fraction of sp³-hybridized carbons (Fsp3) is 0.0303. The zero-order chi connectivity index (χ0) is 27.1. The van der Waals surface area contributed by atoms with Crippen LogP contribution in [0, 0.1) is 6.92 Å². The van der Waals surface area contributed by atoms with Gasteiger partial charge in [0.2, 0.25) is 0 Å². The molecule has 0 saturated carbocycles. The summed E-state index contributed by atoms with van der Waals surface area (Å²) in [5, 5.41) is 3.88. The molecule has 3 aromatic heterocycles. The van der Waals surface area contributed by atoms with Crippen LogP contribution in [-0.4, -0.2) is 39.9 Å². The van der Waals surface area contributed by atoms with Gasteiger partial charge in [-0.3, -0.25) is 0 Å². The summed E-state index contributed by atoms with van der Waals surface area (Å²) in [6.45, 7) is 2.08. The average molecular weight is 592 g/mol. The van der Waals surface area contributed by atoms with E-state index in [-0.39, 0.29) is 17.1 Å². The summed E-state index contributed by atoms with van der Waals surface area (Å²) in [6, 6.07) is 30.4. The summed E-state index contributed by atoms with van der Waals surface area (Å²) in [5.41, 5.74) is 7.58. The molecule has 9 heteroatoms. The van der Waals surface area contributed by atoms with Crippen LogP contribution in [0.25, 0.3) is 89.7 Å². The van der Waals surface area contributed by atoms with Crippen LogP contribution in [0.2, 0.25) is 0 Å². The van der Waals surface area contributed by atoms with Crippen LogP contribution in [-0.2, 0) is 17.1 Å². The van der Waals surface area contributed by atoms with Gasteiger partial charge in [-0.25, -0.2) is 29.9 Å². The molecule has 42 heavy (non-hydrogen) atoms. The van der Waals surface area contributed by atoms with E-state index in [0.717, 1.165) is 49.4 Å². The molecule has 203 valence electrons. The second kappa shape index (κ2) is 9.14. The molecule has 0 atom stereocenters. The number of hydrogen-bond donors (Lipinski definition) is 2. The van der Waals surface area contributed by atoms with E-state index in [1.165, 1.54) is 0 Å². The van der Waals surface area contributed by atoms with E-state index in [9.17, 15) is 0 Å². The van der Waals surface area contributed by atoms with Crippen LogP contribution in [0.1, 0.15) is 5.56 Å². The van der Waals surface area contributed by atoms with Crippen molar-refractivity contribution in [3.63, 3.8) is 0 Å². The first-order chi connectivity index (χ1) is 20.2. The van der Waals surface area contributed by atoms with Gasteiger partial charge in [-0.05, 0) is 12.5 Å². The zero-order valence-corrected chi connectivity index (χ0v) is 23.1. The fourth-order valence-electron chi connectivity index (χ4n) is 5.86. The van der Waals surface area contributed by atoms with Gasteiger partial charge in [0, 0.05) is 60.9 Å². The van der Waals surface area contributed by atoms with Gasteiger partial charge in [0.25, 0.3) is 0 Å². The predicted molar refractivity (Wildman–Crippen MR) is 161 cm³/mol. The molecule has 1 radical (unpaired) electrons. The Morgan fingerprint density at radius 3 is 1.29 bits per heavy atom. The van der Waals surface area contributed by atoms with Crippen molar-refractivity contribution in [3.05, 3.63) is 96.6 Å². The summed E-state index contributed by atoms with van der Waals surface area (Å²) < 4.78 is 0. The Hall–Kier alpha value is -5.24. The van der Waals surface area contributed by atoms with Crippen molar-refractivity contribution in [1.29, 1.82) is 0 Å². The smallest absolute Gasteiger partial charge is 0.164 e. The number of fused-ring (bicyclic) bond motifs is 20. The van der Waals surface area contributed by atoms with Crippen LogP contribution >= 0.6 is 0 Å². The van der Waals surface area contributed by atoms with E-state index < -0.39 is 0 Å². The van der Waals surface area contributed by atoms with E-state index in [0.29, 0.717) is 45.9 Å². The molecule has 0 fully saturated rings. The minimum Gasteiger partial charge on any atom is -0.324 e. The van der Waals surface area contributed by atoms with Crippen molar-refractivity contribution in [1.82, 2.24) is 39.9 Å². The summed E-state index contributed by atoms with van der Waals surface area (Å²) in [6.07, 6.45) is 0. The van der Waals surface area contributed by atoms with Crippen LogP contribution in [0.15, 0.2) is 91.0 Å². The minimum absolute atomic E-state index is 0. The van der Waals surface area contributed by atoms with E-state index in [1.807, 2.05) is 78.9 Å². The molecule has 2 aliphatic heterocycles. The van der Waals surface area contributed by atoms with Gasteiger partial charge < -0.3 is 9.97 Å². The maximum atomic E-state index is 5.08. The quantitative estimate of drug-likeness (QED) is 0.181. The number of aromatic nitrogens is 8. The standard InChI is InChI=1S/C33H20N8.Cu/c1-17-9-8-16-24-25(17)33-40-31-23-15-7-6-14-22(23)29(38-31)36-27-19-11-3-2-10-18(19)26(34-27)35-28-20-12-4-5-13-21(20)30(37-28)39-32(24)41-33;/h2-16H,1H3,(H2,34,35,36,37,38,39,40,41);. The number of rotatable bonds is 0. The van der Waals surface area contributed by atoms with Crippen LogP contribution < -0.4 is 0 Å². The van der Waals surface area contributed by atoms with Crippen molar-refractivity contribution in [2.24, 2.45) is 0 Å². The van der Waals surface area contributed by atoms with E-state index in [2.05, 4.69) is 29.0 Å². The second-order valence-corrected chi connectivity index (χ2v) is 10.2. The average Bonchev–Trinajstić information content (AvgIpc) is 3.73. The van der Waals surface area contributed by atoms with Crippen LogP contribution in [0.5, 0.6) is 0 Å². The Balaban J connectivity index is 0.00000267. The Kier molecular flexibility index (Phi) is 5.34. The molecular weight excluding hydrogens is 572 g/mol. The van der Waals surface area contributed by atoms with Crippen LogP contribution in [0.3, 0.4) is 0 Å². The molecule has 0 amide bonds. The number of nitrogens with zero attached hydrogens (tertiary/aromatic N) is 6. The van der Waals surface area contributed by atoms with Crippen molar-refractivity contribution in [3.8, 4) is 45.6 Å². The zero-order valence-electron chi connectivity index (χ0n) is 22.1. The topological polar surface area (TPSA) is 109 Å². The van der Waals surface area contributed by atoms with Gasteiger partial charge in [-0.1, -0.05) is 91.0 Å². The van der Waals surface area contributed by atoms with Gasteiger partial charge in [-0.2, -0.15) is 0 Å². The summed E-state index contributed by atoms with van der Waals surface area (Å²) in [5.74, 6) is 2.40. The van der Waals surface area contributed by atoms with Gasteiger partial charge >= 0.3 is 0 Å². The fourth-order valence-corrected chi connectivity index (χ4v) is 5.86. The molecule has 2 N–H and O–H groups in total. The van der Waals surface area contributed by atoms with Crippen molar-refractivity contribution in [2.45, 2.75) is 6.92 Å². The van der Waals surface area contributed by atoms with Crippen molar-refractivity contribution in [2.75, 3.05) is 0 Å². The number of H-pyrrole nitrogens is 2. The summed E-state index contributed by atoms with van der Waals surface area (Å²) in [4.78, 5) is 37.0. The number of aryl methyl sites for hydroxylation is 1. The molecular formula is C33H20CuN8. The molecule has 4 aromatic carbocycles. The monoisotopic (exact) mass is 591 g/mol. The molecule has 8 bridgehead atoms. The number of hydrogen-bond acceptors (Lipinski definition) is 6. The first kappa shape index (κ1) is 24.5. The van der Waals surface area contributed by atoms with E-state index >= 15 is 0 Å². The summed E-state index contributed by atoms with van der Waals surface area (Å²) >= 11 is 0. The summed E-state index contributed by atoms with van der Waals surface area (Å²) in [7, 11) is 0. The third kappa shape index (κ3) is 3.54. The van der Waals surface area contributed by atoms with E-state index in [4.69, 9.17) is 29.9 Å². The van der Waals surface area contributed by atoms with Crippen molar-refractivity contribution >= 4 is 44.1 Å². The molecule has 9 rings (SSSR count). The SMILES string of the molecule is Cc1cccc2c3nc4nc(nc5[nH]c(nc6nc(nc([nH]3)c12)-c1ccccc1-6)c1ccccc51)-c1ccccc1-4.[Cu]. The molecule has 0 spiro atoms. The third-order valence-electron chi connectivity index (χ3n) is 7.79. The van der Waals surface area contributed by atoms with Crippen molar-refractivity contribution < 1.29 is 17.1 Å². The van der Waals surface area contributed by atoms with Gasteiger partial charge in [0.05, 0.1) is 0 Å². The van der Waals surface area contributed by atoms with Gasteiger partial charge in [-0.15, -0.1) is 0 Å². The minimum atomic E-state index is 0. The molecule has 0 aliphatic carbocycles. The Bertz CT molecular complexity index is 2400. The second-order valence-electron chi connectivity index (χ2n) is 10.2. The molecule has 7 aromatic rings. The van der Waals surface area contributed by atoms with Crippen LogP contribution in [0.4, 0.5) is 0 Å². The molecule has 0 unspecified atom stereocenters. The molecule has 5 heterocycles.